The van der Waals surface area contributed by atoms with Gasteiger partial charge < -0.3 is 15.1 Å². The minimum absolute atomic E-state index is 0.332. The van der Waals surface area contributed by atoms with Crippen molar-refractivity contribution in [1.82, 2.24) is 15.5 Å². The maximum absolute atomic E-state index is 5.90. The molecular weight excluding hydrogens is 307 g/mol. The summed E-state index contributed by atoms with van der Waals surface area (Å²) in [5.74, 6) is 0.521. The van der Waals surface area contributed by atoms with E-state index in [1.165, 1.54) is 0 Å². The van der Waals surface area contributed by atoms with Gasteiger partial charge in [0.15, 0.2) is 0 Å². The zero-order chi connectivity index (χ0) is 12.3. The van der Waals surface area contributed by atoms with Gasteiger partial charge in [0, 0.05) is 9.50 Å². The van der Waals surface area contributed by atoms with E-state index >= 15 is 0 Å². The molecule has 0 aliphatic rings. The van der Waals surface area contributed by atoms with E-state index < -0.39 is 0 Å². The van der Waals surface area contributed by atoms with Crippen LogP contribution in [0.1, 0.15) is 5.89 Å². The number of hydrogen-bond acceptors (Lipinski definition) is 5. The zero-order valence-corrected chi connectivity index (χ0v) is 11.3. The molecule has 2 rings (SSSR count). The predicted molar refractivity (Wildman–Crippen MR) is 69.5 cm³/mol. The summed E-state index contributed by atoms with van der Waals surface area (Å²) in [6.07, 6.45) is 0. The summed E-state index contributed by atoms with van der Waals surface area (Å²) in [6.45, 7) is 0.533. The van der Waals surface area contributed by atoms with E-state index in [1.54, 1.807) is 12.1 Å². The first-order valence-corrected chi connectivity index (χ1v) is 6.05. The van der Waals surface area contributed by atoms with Crippen molar-refractivity contribution < 1.29 is 4.42 Å². The lowest BCUT2D eigenvalue weighted by atomic mass is 10.3. The Hall–Kier alpha value is -1.11. The molecule has 0 unspecified atom stereocenters. The molecule has 0 radical (unpaired) electrons. The second-order valence-electron chi connectivity index (χ2n) is 3.28. The van der Waals surface area contributed by atoms with Gasteiger partial charge in [-0.05, 0) is 41.2 Å². The molecule has 0 aliphatic heterocycles. The summed E-state index contributed by atoms with van der Waals surface area (Å²) >= 11 is 9.30. The maximum Gasteiger partial charge on any atom is 0.320 e. The fourth-order valence-corrected chi connectivity index (χ4v) is 1.75. The molecule has 0 saturated carbocycles. The van der Waals surface area contributed by atoms with Gasteiger partial charge in [-0.15, -0.1) is 5.10 Å². The van der Waals surface area contributed by atoms with Crippen LogP contribution < -0.4 is 10.6 Å². The van der Waals surface area contributed by atoms with Gasteiger partial charge in [0.1, 0.15) is 0 Å². The standard InChI is InChI=1S/C10H10BrClN4O/c1-13-5-9-15-16-10(17-9)14-8-4-6(12)2-3-7(8)11/h2-4,13H,5H2,1H3,(H,14,16). The fraction of sp³-hybridized carbons (Fsp3) is 0.200. The van der Waals surface area contributed by atoms with Crippen LogP contribution >= 0.6 is 27.5 Å². The number of anilines is 2. The lowest BCUT2D eigenvalue weighted by Crippen LogP contribution is -2.04. The first-order valence-electron chi connectivity index (χ1n) is 4.88. The van der Waals surface area contributed by atoms with E-state index in [4.69, 9.17) is 16.0 Å². The number of benzene rings is 1. The number of halogens is 2. The van der Waals surface area contributed by atoms with Gasteiger partial charge in [-0.3, -0.25) is 0 Å². The van der Waals surface area contributed by atoms with Crippen LogP contribution in [0.5, 0.6) is 0 Å². The molecule has 0 saturated heterocycles. The number of aromatic nitrogens is 2. The van der Waals surface area contributed by atoms with E-state index in [2.05, 4.69) is 36.8 Å². The van der Waals surface area contributed by atoms with Crippen LogP contribution in [0.3, 0.4) is 0 Å². The van der Waals surface area contributed by atoms with Crippen LogP contribution in [0.15, 0.2) is 27.1 Å². The Morgan fingerprint density at radius 3 is 3.00 bits per heavy atom. The number of nitrogens with one attached hydrogen (secondary N) is 2. The molecule has 2 N–H and O–H groups in total. The first kappa shape index (κ1) is 12.3. The van der Waals surface area contributed by atoms with Crippen LogP contribution in [-0.2, 0) is 6.54 Å². The molecule has 0 spiro atoms. The summed E-state index contributed by atoms with van der Waals surface area (Å²) in [5, 5.41) is 14.3. The predicted octanol–water partition coefficient (Wildman–Crippen LogP) is 2.95. The molecule has 17 heavy (non-hydrogen) atoms. The van der Waals surface area contributed by atoms with E-state index in [0.717, 1.165) is 10.2 Å². The highest BCUT2D eigenvalue weighted by Gasteiger charge is 2.07. The molecule has 0 aliphatic carbocycles. The van der Waals surface area contributed by atoms with Crippen molar-refractivity contribution in [2.45, 2.75) is 6.54 Å². The fourth-order valence-electron chi connectivity index (χ4n) is 1.24. The third kappa shape index (κ3) is 3.18. The molecular formula is C10H10BrClN4O. The van der Waals surface area contributed by atoms with Crippen LogP contribution in [-0.4, -0.2) is 17.2 Å². The Labute approximate surface area is 112 Å². The number of nitrogens with zero attached hydrogens (tertiary/aromatic N) is 2. The number of rotatable bonds is 4. The van der Waals surface area contributed by atoms with Crippen LogP contribution in [0.25, 0.3) is 0 Å². The third-order valence-corrected chi connectivity index (χ3v) is 2.89. The molecule has 5 nitrogen and oxygen atoms in total. The van der Waals surface area contributed by atoms with Crippen LogP contribution in [0, 0.1) is 0 Å². The van der Waals surface area contributed by atoms with Crippen LogP contribution in [0.4, 0.5) is 11.7 Å². The van der Waals surface area contributed by atoms with Gasteiger partial charge in [-0.2, -0.15) is 0 Å². The molecule has 2 aromatic rings. The summed E-state index contributed by atoms with van der Waals surface area (Å²) in [4.78, 5) is 0. The van der Waals surface area contributed by atoms with Gasteiger partial charge in [0.05, 0.1) is 12.2 Å². The molecule has 90 valence electrons. The summed E-state index contributed by atoms with van der Waals surface area (Å²) in [5.41, 5.74) is 0.775. The Morgan fingerprint density at radius 2 is 2.24 bits per heavy atom. The highest BCUT2D eigenvalue weighted by molar-refractivity contribution is 9.10. The molecule has 1 heterocycles. The average molecular weight is 318 g/mol. The molecule has 0 amide bonds. The maximum atomic E-state index is 5.90. The summed E-state index contributed by atoms with van der Waals surface area (Å²) in [6, 6.07) is 5.73. The summed E-state index contributed by atoms with van der Waals surface area (Å²) < 4.78 is 6.23. The van der Waals surface area contributed by atoms with Crippen molar-refractivity contribution in [2.24, 2.45) is 0 Å². The Kier molecular flexibility index (Phi) is 3.98. The molecule has 0 bridgehead atoms. The zero-order valence-electron chi connectivity index (χ0n) is 9.00. The van der Waals surface area contributed by atoms with Gasteiger partial charge in [-0.25, -0.2) is 0 Å². The van der Waals surface area contributed by atoms with Crippen molar-refractivity contribution >= 4 is 39.2 Å². The molecule has 1 aromatic carbocycles. The van der Waals surface area contributed by atoms with Crippen molar-refractivity contribution in [1.29, 1.82) is 0 Å². The van der Waals surface area contributed by atoms with Gasteiger partial charge in [-0.1, -0.05) is 16.7 Å². The van der Waals surface area contributed by atoms with Gasteiger partial charge in [0.2, 0.25) is 5.89 Å². The van der Waals surface area contributed by atoms with Crippen LogP contribution in [0.2, 0.25) is 5.02 Å². The monoisotopic (exact) mass is 316 g/mol. The second kappa shape index (κ2) is 5.48. The number of hydrogen-bond donors (Lipinski definition) is 2. The highest BCUT2D eigenvalue weighted by Crippen LogP contribution is 2.28. The normalized spacial score (nSPS) is 10.5. The molecule has 7 heteroatoms. The lowest BCUT2D eigenvalue weighted by molar-refractivity contribution is 0.493. The van der Waals surface area contributed by atoms with E-state index in [9.17, 15) is 0 Å². The average Bonchev–Trinajstić information content (AvgIpc) is 2.72. The topological polar surface area (TPSA) is 63.0 Å². The smallest absolute Gasteiger partial charge is 0.320 e. The van der Waals surface area contributed by atoms with E-state index in [1.807, 2.05) is 13.1 Å². The van der Waals surface area contributed by atoms with Gasteiger partial charge >= 0.3 is 6.01 Å². The van der Waals surface area contributed by atoms with E-state index in [0.29, 0.717) is 23.5 Å². The minimum Gasteiger partial charge on any atom is -0.406 e. The third-order valence-electron chi connectivity index (χ3n) is 1.96. The minimum atomic E-state index is 0.332. The lowest BCUT2D eigenvalue weighted by Gasteiger charge is -2.04. The largest absolute Gasteiger partial charge is 0.406 e. The van der Waals surface area contributed by atoms with Crippen molar-refractivity contribution in [2.75, 3.05) is 12.4 Å². The summed E-state index contributed by atoms with van der Waals surface area (Å²) in [7, 11) is 1.81. The first-order chi connectivity index (χ1) is 8.19. The SMILES string of the molecule is CNCc1nnc(Nc2cc(Cl)ccc2Br)o1. The molecule has 1 aromatic heterocycles. The quantitative estimate of drug-likeness (QED) is 0.908. The van der Waals surface area contributed by atoms with Crippen molar-refractivity contribution in [3.8, 4) is 0 Å². The highest BCUT2D eigenvalue weighted by atomic mass is 79.9. The molecule has 0 fully saturated rings. The second-order valence-corrected chi connectivity index (χ2v) is 4.57. The Morgan fingerprint density at radius 1 is 1.41 bits per heavy atom. The van der Waals surface area contributed by atoms with Crippen molar-refractivity contribution in [3.05, 3.63) is 33.6 Å². The molecule has 0 atom stereocenters. The Bertz CT molecular complexity index is 517. The Balaban J connectivity index is 2.16. The van der Waals surface area contributed by atoms with E-state index in [-0.39, 0.29) is 0 Å². The van der Waals surface area contributed by atoms with Gasteiger partial charge in [0.25, 0.3) is 0 Å². The van der Waals surface area contributed by atoms with Crippen molar-refractivity contribution in [3.63, 3.8) is 0 Å².